The molecule has 1 aromatic heterocycles. The number of benzene rings is 2. The van der Waals surface area contributed by atoms with E-state index < -0.39 is 0 Å². The van der Waals surface area contributed by atoms with Crippen LogP contribution in [0.1, 0.15) is 18.1 Å². The van der Waals surface area contributed by atoms with Crippen molar-refractivity contribution in [2.24, 2.45) is 0 Å². The van der Waals surface area contributed by atoms with Crippen LogP contribution in [-0.4, -0.2) is 21.9 Å². The van der Waals surface area contributed by atoms with E-state index >= 15 is 0 Å². The van der Waals surface area contributed by atoms with E-state index in [1.807, 2.05) is 10.6 Å². The Bertz CT molecular complexity index is 780. The van der Waals surface area contributed by atoms with Gasteiger partial charge in [0.05, 0.1) is 6.61 Å². The van der Waals surface area contributed by atoms with E-state index in [9.17, 15) is 0 Å². The molecule has 3 rings (SSSR count). The lowest BCUT2D eigenvalue weighted by Crippen LogP contribution is -2.01. The van der Waals surface area contributed by atoms with E-state index in [2.05, 4.69) is 64.9 Å². The van der Waals surface area contributed by atoms with Gasteiger partial charge in [-0.2, -0.15) is 0 Å². The summed E-state index contributed by atoms with van der Waals surface area (Å²) in [5.74, 6) is 0.894. The molecule has 1 N–H and O–H groups in total. The summed E-state index contributed by atoms with van der Waals surface area (Å²) in [5.41, 5.74) is 4.55. The SMILES string of the molecule is CCn1cnnc1-c1cccc(NCc2ccc(COC)cc2)c1. The maximum Gasteiger partial charge on any atom is 0.163 e. The van der Waals surface area contributed by atoms with Crippen molar-refractivity contribution < 1.29 is 4.74 Å². The van der Waals surface area contributed by atoms with Crippen LogP contribution in [0.3, 0.4) is 0 Å². The summed E-state index contributed by atoms with van der Waals surface area (Å²) in [6, 6.07) is 16.7. The zero-order valence-electron chi connectivity index (χ0n) is 14.1. The number of aromatic nitrogens is 3. The molecule has 0 amide bonds. The molecular weight excluding hydrogens is 300 g/mol. The molecule has 0 fully saturated rings. The number of ether oxygens (including phenoxy) is 1. The fourth-order valence-electron chi connectivity index (χ4n) is 2.60. The van der Waals surface area contributed by atoms with Crippen LogP contribution < -0.4 is 5.32 Å². The van der Waals surface area contributed by atoms with Crippen LogP contribution in [0.2, 0.25) is 0 Å². The first kappa shape index (κ1) is 16.2. The van der Waals surface area contributed by atoms with Crippen molar-refractivity contribution in [1.82, 2.24) is 14.8 Å². The number of hydrogen-bond donors (Lipinski definition) is 1. The van der Waals surface area contributed by atoms with Crippen LogP contribution in [0.15, 0.2) is 54.9 Å². The van der Waals surface area contributed by atoms with Gasteiger partial charge in [-0.05, 0) is 30.2 Å². The van der Waals surface area contributed by atoms with E-state index in [-0.39, 0.29) is 0 Å². The zero-order chi connectivity index (χ0) is 16.8. The van der Waals surface area contributed by atoms with Crippen LogP contribution in [0.25, 0.3) is 11.4 Å². The molecule has 0 saturated heterocycles. The van der Waals surface area contributed by atoms with Gasteiger partial charge in [-0.3, -0.25) is 0 Å². The fourth-order valence-corrected chi connectivity index (χ4v) is 2.60. The lowest BCUT2D eigenvalue weighted by Gasteiger charge is -2.09. The number of rotatable bonds is 7. The number of anilines is 1. The van der Waals surface area contributed by atoms with Gasteiger partial charge in [-0.15, -0.1) is 10.2 Å². The molecule has 3 aromatic rings. The fraction of sp³-hybridized carbons (Fsp3) is 0.263. The highest BCUT2D eigenvalue weighted by Crippen LogP contribution is 2.21. The molecule has 0 radical (unpaired) electrons. The van der Waals surface area contributed by atoms with Gasteiger partial charge in [0.25, 0.3) is 0 Å². The largest absolute Gasteiger partial charge is 0.381 e. The minimum absolute atomic E-state index is 0.647. The average molecular weight is 322 g/mol. The van der Waals surface area contributed by atoms with Gasteiger partial charge in [0.1, 0.15) is 6.33 Å². The van der Waals surface area contributed by atoms with Gasteiger partial charge in [-0.25, -0.2) is 0 Å². The van der Waals surface area contributed by atoms with E-state index in [1.54, 1.807) is 13.4 Å². The van der Waals surface area contributed by atoms with Gasteiger partial charge in [0.15, 0.2) is 5.82 Å². The van der Waals surface area contributed by atoms with Crippen molar-refractivity contribution in [3.63, 3.8) is 0 Å². The Morgan fingerprint density at radius 2 is 1.88 bits per heavy atom. The summed E-state index contributed by atoms with van der Waals surface area (Å²) >= 11 is 0. The van der Waals surface area contributed by atoms with Crippen LogP contribution in [-0.2, 0) is 24.4 Å². The molecule has 124 valence electrons. The van der Waals surface area contributed by atoms with Crippen molar-refractivity contribution in [3.05, 3.63) is 66.0 Å². The highest BCUT2D eigenvalue weighted by molar-refractivity contribution is 5.62. The Labute approximate surface area is 142 Å². The third-order valence-corrected chi connectivity index (χ3v) is 3.91. The highest BCUT2D eigenvalue weighted by Gasteiger charge is 2.06. The van der Waals surface area contributed by atoms with Crippen molar-refractivity contribution in [2.75, 3.05) is 12.4 Å². The maximum atomic E-state index is 5.14. The third-order valence-electron chi connectivity index (χ3n) is 3.91. The van der Waals surface area contributed by atoms with E-state index in [4.69, 9.17) is 4.74 Å². The molecule has 0 aliphatic rings. The van der Waals surface area contributed by atoms with Crippen molar-refractivity contribution in [1.29, 1.82) is 0 Å². The molecule has 5 heteroatoms. The lowest BCUT2D eigenvalue weighted by molar-refractivity contribution is 0.185. The lowest BCUT2D eigenvalue weighted by atomic mass is 10.1. The van der Waals surface area contributed by atoms with Gasteiger partial charge >= 0.3 is 0 Å². The van der Waals surface area contributed by atoms with Crippen LogP contribution in [0.5, 0.6) is 0 Å². The van der Waals surface area contributed by atoms with Crippen molar-refractivity contribution in [2.45, 2.75) is 26.6 Å². The average Bonchev–Trinajstić information content (AvgIpc) is 3.10. The molecule has 0 spiro atoms. The Kier molecular flexibility index (Phi) is 5.23. The molecule has 0 unspecified atom stereocenters. The molecular formula is C19H22N4O. The second-order valence-electron chi connectivity index (χ2n) is 5.62. The smallest absolute Gasteiger partial charge is 0.163 e. The van der Waals surface area contributed by atoms with E-state index in [0.717, 1.165) is 30.2 Å². The number of methoxy groups -OCH3 is 1. The molecule has 0 aliphatic heterocycles. The van der Waals surface area contributed by atoms with E-state index in [0.29, 0.717) is 6.61 Å². The van der Waals surface area contributed by atoms with Gasteiger partial charge in [0, 0.05) is 31.5 Å². The summed E-state index contributed by atoms with van der Waals surface area (Å²) in [7, 11) is 1.71. The van der Waals surface area contributed by atoms with Crippen molar-refractivity contribution >= 4 is 5.69 Å². The molecule has 0 saturated carbocycles. The Morgan fingerprint density at radius 1 is 1.08 bits per heavy atom. The summed E-state index contributed by atoms with van der Waals surface area (Å²) in [6.07, 6.45) is 1.76. The minimum atomic E-state index is 0.647. The summed E-state index contributed by atoms with van der Waals surface area (Å²) in [4.78, 5) is 0. The first-order valence-corrected chi connectivity index (χ1v) is 8.09. The molecule has 1 heterocycles. The van der Waals surface area contributed by atoms with Gasteiger partial charge in [-0.1, -0.05) is 36.4 Å². The Balaban J connectivity index is 1.68. The normalized spacial score (nSPS) is 10.8. The van der Waals surface area contributed by atoms with E-state index in [1.165, 1.54) is 11.1 Å². The highest BCUT2D eigenvalue weighted by atomic mass is 16.5. The zero-order valence-corrected chi connectivity index (χ0v) is 14.1. The predicted molar refractivity (Wildman–Crippen MR) is 95.6 cm³/mol. The van der Waals surface area contributed by atoms with Gasteiger partial charge < -0.3 is 14.6 Å². The quantitative estimate of drug-likeness (QED) is 0.720. The first-order valence-electron chi connectivity index (χ1n) is 8.09. The van der Waals surface area contributed by atoms with Crippen LogP contribution in [0.4, 0.5) is 5.69 Å². The topological polar surface area (TPSA) is 52.0 Å². The maximum absolute atomic E-state index is 5.14. The number of hydrogen-bond acceptors (Lipinski definition) is 4. The molecule has 2 aromatic carbocycles. The number of nitrogens with one attached hydrogen (secondary N) is 1. The van der Waals surface area contributed by atoms with Crippen LogP contribution in [0, 0.1) is 0 Å². The number of aryl methyl sites for hydroxylation is 1. The second-order valence-corrected chi connectivity index (χ2v) is 5.62. The molecule has 0 atom stereocenters. The Hall–Kier alpha value is -2.66. The third kappa shape index (κ3) is 3.81. The first-order chi connectivity index (χ1) is 11.8. The van der Waals surface area contributed by atoms with Crippen LogP contribution >= 0.6 is 0 Å². The number of nitrogens with zero attached hydrogens (tertiary/aromatic N) is 3. The standard InChI is InChI=1S/C19H22N4O/c1-3-23-14-21-22-19(23)17-5-4-6-18(11-17)20-12-15-7-9-16(10-8-15)13-24-2/h4-11,14,20H,3,12-13H2,1-2H3. The van der Waals surface area contributed by atoms with Crippen molar-refractivity contribution in [3.8, 4) is 11.4 Å². The second kappa shape index (κ2) is 7.75. The molecule has 5 nitrogen and oxygen atoms in total. The predicted octanol–water partition coefficient (Wildman–Crippen LogP) is 3.72. The molecule has 24 heavy (non-hydrogen) atoms. The summed E-state index contributed by atoms with van der Waals surface area (Å²) < 4.78 is 7.17. The van der Waals surface area contributed by atoms with Gasteiger partial charge in [0.2, 0.25) is 0 Å². The monoisotopic (exact) mass is 322 g/mol. The molecule has 0 aliphatic carbocycles. The summed E-state index contributed by atoms with van der Waals surface area (Å²) in [6.45, 7) is 4.36. The minimum Gasteiger partial charge on any atom is -0.381 e. The summed E-state index contributed by atoms with van der Waals surface area (Å²) in [5, 5.41) is 11.7. The molecule has 0 bridgehead atoms. The Morgan fingerprint density at radius 3 is 2.62 bits per heavy atom.